The van der Waals surface area contributed by atoms with E-state index in [0.29, 0.717) is 13.0 Å². The third kappa shape index (κ3) is 5.58. The van der Waals surface area contributed by atoms with Crippen molar-refractivity contribution in [2.75, 3.05) is 6.61 Å². The van der Waals surface area contributed by atoms with Gasteiger partial charge in [0.1, 0.15) is 5.92 Å². The van der Waals surface area contributed by atoms with E-state index in [1.807, 2.05) is 6.07 Å². The molecule has 0 saturated carbocycles. The lowest BCUT2D eigenvalue weighted by molar-refractivity contribution is -0.146. The first-order valence-corrected chi connectivity index (χ1v) is 4.97. The Morgan fingerprint density at radius 2 is 2.07 bits per heavy atom. The molecule has 0 rings (SSSR count). The van der Waals surface area contributed by atoms with Gasteiger partial charge in [-0.25, -0.2) is 0 Å². The van der Waals surface area contributed by atoms with Crippen molar-refractivity contribution in [3.63, 3.8) is 0 Å². The van der Waals surface area contributed by atoms with E-state index in [1.165, 1.54) is 0 Å². The molecule has 0 amide bonds. The summed E-state index contributed by atoms with van der Waals surface area (Å²) >= 11 is 0. The van der Waals surface area contributed by atoms with Gasteiger partial charge in [-0.15, -0.1) is 0 Å². The Balaban J connectivity index is 4.05. The first-order chi connectivity index (χ1) is 6.40. The molecule has 0 fully saturated rings. The summed E-state index contributed by atoms with van der Waals surface area (Å²) in [4.78, 5) is 11.2. The summed E-state index contributed by atoms with van der Waals surface area (Å²) < 4.78 is 4.80. The molecule has 0 N–H and O–H groups in total. The van der Waals surface area contributed by atoms with Crippen molar-refractivity contribution in [1.82, 2.24) is 0 Å². The van der Waals surface area contributed by atoms with Gasteiger partial charge in [-0.2, -0.15) is 5.26 Å². The Morgan fingerprint density at radius 3 is 2.43 bits per heavy atom. The van der Waals surface area contributed by atoms with Gasteiger partial charge in [0.2, 0.25) is 0 Å². The zero-order valence-corrected chi connectivity index (χ0v) is 9.46. The van der Waals surface area contributed by atoms with E-state index in [1.54, 1.807) is 6.92 Å². The molecule has 0 saturated heterocycles. The van der Waals surface area contributed by atoms with Crippen molar-refractivity contribution >= 4 is 5.97 Å². The number of nitriles is 1. The van der Waals surface area contributed by atoms with Crippen LogP contribution in [0.3, 0.4) is 0 Å². The third-order valence-electron chi connectivity index (χ3n) is 1.91. The standard InChI is InChI=1S/C11H19NO2/c1-5-14-10(13)9(8-12)6-7-11(2,3)4/h9H,5-7H2,1-4H3. The number of carbonyl (C=O) groups excluding carboxylic acids is 1. The van der Waals surface area contributed by atoms with Crippen molar-refractivity contribution in [3.8, 4) is 6.07 Å². The van der Waals surface area contributed by atoms with Crippen LogP contribution in [0.5, 0.6) is 0 Å². The average molecular weight is 197 g/mol. The van der Waals surface area contributed by atoms with Crippen molar-refractivity contribution in [2.24, 2.45) is 11.3 Å². The summed E-state index contributed by atoms with van der Waals surface area (Å²) in [7, 11) is 0. The number of ether oxygens (including phenoxy) is 1. The Morgan fingerprint density at radius 1 is 1.50 bits per heavy atom. The van der Waals surface area contributed by atoms with Crippen LogP contribution < -0.4 is 0 Å². The Labute approximate surface area is 86.1 Å². The summed E-state index contributed by atoms with van der Waals surface area (Å²) in [6.07, 6.45) is 1.43. The Bertz CT molecular complexity index is 222. The molecule has 0 aromatic carbocycles. The quantitative estimate of drug-likeness (QED) is 0.651. The largest absolute Gasteiger partial charge is 0.465 e. The van der Waals surface area contributed by atoms with Crippen LogP contribution in [-0.2, 0) is 9.53 Å². The van der Waals surface area contributed by atoms with Gasteiger partial charge in [0.25, 0.3) is 0 Å². The van der Waals surface area contributed by atoms with E-state index in [-0.39, 0.29) is 11.4 Å². The van der Waals surface area contributed by atoms with E-state index in [4.69, 9.17) is 10.00 Å². The second-order valence-corrected chi connectivity index (χ2v) is 4.53. The zero-order chi connectivity index (χ0) is 11.2. The lowest BCUT2D eigenvalue weighted by Crippen LogP contribution is -2.18. The van der Waals surface area contributed by atoms with Crippen LogP contribution >= 0.6 is 0 Å². The topological polar surface area (TPSA) is 50.1 Å². The van der Waals surface area contributed by atoms with E-state index >= 15 is 0 Å². The van der Waals surface area contributed by atoms with Gasteiger partial charge in [-0.3, -0.25) is 4.79 Å². The molecule has 80 valence electrons. The van der Waals surface area contributed by atoms with Crippen molar-refractivity contribution in [2.45, 2.75) is 40.5 Å². The van der Waals surface area contributed by atoms with Gasteiger partial charge in [-0.1, -0.05) is 20.8 Å². The Hall–Kier alpha value is -1.04. The maximum Gasteiger partial charge on any atom is 0.323 e. The molecule has 0 aliphatic carbocycles. The van der Waals surface area contributed by atoms with Gasteiger partial charge in [0.15, 0.2) is 0 Å². The molecule has 1 unspecified atom stereocenters. The lowest BCUT2D eigenvalue weighted by Gasteiger charge is -2.18. The predicted molar refractivity (Wildman–Crippen MR) is 54.4 cm³/mol. The lowest BCUT2D eigenvalue weighted by atomic mass is 9.87. The van der Waals surface area contributed by atoms with Gasteiger partial charge in [-0.05, 0) is 25.2 Å². The minimum atomic E-state index is -0.603. The summed E-state index contributed by atoms with van der Waals surface area (Å²) in [5.41, 5.74) is 0.154. The second kappa shape index (κ2) is 5.64. The smallest absolute Gasteiger partial charge is 0.323 e. The summed E-state index contributed by atoms with van der Waals surface area (Å²) in [5.74, 6) is -0.992. The molecule has 0 aromatic rings. The minimum absolute atomic E-state index is 0.154. The Kier molecular flexibility index (Phi) is 5.22. The summed E-state index contributed by atoms with van der Waals surface area (Å²) in [6.45, 7) is 8.36. The predicted octanol–water partition coefficient (Wildman–Crippen LogP) is 2.52. The first kappa shape index (κ1) is 13.0. The zero-order valence-electron chi connectivity index (χ0n) is 9.46. The van der Waals surface area contributed by atoms with E-state index in [2.05, 4.69) is 20.8 Å². The fourth-order valence-corrected chi connectivity index (χ4v) is 1.06. The first-order valence-electron chi connectivity index (χ1n) is 4.97. The molecule has 3 nitrogen and oxygen atoms in total. The third-order valence-corrected chi connectivity index (χ3v) is 1.91. The molecule has 0 aromatic heterocycles. The van der Waals surface area contributed by atoms with Crippen LogP contribution in [0, 0.1) is 22.7 Å². The van der Waals surface area contributed by atoms with Crippen LogP contribution in [0.2, 0.25) is 0 Å². The molecule has 0 aliphatic heterocycles. The highest BCUT2D eigenvalue weighted by atomic mass is 16.5. The van der Waals surface area contributed by atoms with Crippen LogP contribution in [0.15, 0.2) is 0 Å². The summed E-state index contributed by atoms with van der Waals surface area (Å²) in [5, 5.41) is 8.77. The fraction of sp³-hybridized carbons (Fsp3) is 0.818. The van der Waals surface area contributed by atoms with E-state index < -0.39 is 5.92 Å². The molecule has 0 bridgehead atoms. The van der Waals surface area contributed by atoms with E-state index in [0.717, 1.165) is 6.42 Å². The van der Waals surface area contributed by atoms with Crippen LogP contribution in [0.1, 0.15) is 40.5 Å². The number of hydrogen-bond acceptors (Lipinski definition) is 3. The van der Waals surface area contributed by atoms with Gasteiger partial charge in [0.05, 0.1) is 12.7 Å². The molecular weight excluding hydrogens is 178 g/mol. The van der Waals surface area contributed by atoms with E-state index in [9.17, 15) is 4.79 Å². The van der Waals surface area contributed by atoms with Crippen LogP contribution in [0.4, 0.5) is 0 Å². The normalized spacial score (nSPS) is 13.1. The van der Waals surface area contributed by atoms with Crippen molar-refractivity contribution in [1.29, 1.82) is 5.26 Å². The van der Waals surface area contributed by atoms with Gasteiger partial charge in [0, 0.05) is 0 Å². The average Bonchev–Trinajstić information content (AvgIpc) is 2.03. The number of carbonyl (C=O) groups is 1. The maximum absolute atomic E-state index is 11.2. The highest BCUT2D eigenvalue weighted by Gasteiger charge is 2.21. The molecule has 14 heavy (non-hydrogen) atoms. The van der Waals surface area contributed by atoms with Crippen molar-refractivity contribution in [3.05, 3.63) is 0 Å². The fourth-order valence-electron chi connectivity index (χ4n) is 1.06. The highest BCUT2D eigenvalue weighted by Crippen LogP contribution is 2.23. The number of esters is 1. The van der Waals surface area contributed by atoms with Crippen LogP contribution in [0.25, 0.3) is 0 Å². The number of nitrogens with zero attached hydrogens (tertiary/aromatic N) is 1. The molecule has 0 aliphatic rings. The molecule has 0 heterocycles. The highest BCUT2D eigenvalue weighted by molar-refractivity contribution is 5.75. The molecule has 0 spiro atoms. The number of rotatable bonds is 4. The SMILES string of the molecule is CCOC(=O)C(C#N)CCC(C)(C)C. The summed E-state index contributed by atoms with van der Waals surface area (Å²) in [6, 6.07) is 1.98. The second-order valence-electron chi connectivity index (χ2n) is 4.53. The molecule has 3 heteroatoms. The monoisotopic (exact) mass is 197 g/mol. The van der Waals surface area contributed by atoms with Gasteiger partial charge < -0.3 is 4.74 Å². The molecule has 0 radical (unpaired) electrons. The molecular formula is C11H19NO2. The van der Waals surface area contributed by atoms with Gasteiger partial charge >= 0.3 is 5.97 Å². The maximum atomic E-state index is 11.2. The number of hydrogen-bond donors (Lipinski definition) is 0. The molecule has 1 atom stereocenters. The van der Waals surface area contributed by atoms with Crippen molar-refractivity contribution < 1.29 is 9.53 Å². The minimum Gasteiger partial charge on any atom is -0.465 e. The van der Waals surface area contributed by atoms with Crippen LogP contribution in [-0.4, -0.2) is 12.6 Å².